The molecule has 0 amide bonds. The van der Waals surface area contributed by atoms with Gasteiger partial charge in [0.2, 0.25) is 0 Å². The number of benzene rings is 2. The first kappa shape index (κ1) is 19.6. The van der Waals surface area contributed by atoms with Crippen LogP contribution in [0.25, 0.3) is 10.9 Å². The summed E-state index contributed by atoms with van der Waals surface area (Å²) in [6.45, 7) is 4.52. The summed E-state index contributed by atoms with van der Waals surface area (Å²) in [7, 11) is 0. The number of rotatable bonds is 8. The fourth-order valence-electron chi connectivity index (χ4n) is 3.02. The summed E-state index contributed by atoms with van der Waals surface area (Å²) in [5, 5.41) is 9.85. The number of fused-ring (bicyclic) bond motifs is 1. The number of carbonyl (C=O) groups is 1. The molecule has 144 valence electrons. The number of carboxylic acid groups (broad SMARTS) is 1. The minimum Gasteiger partial charge on any atom is -0.489 e. The number of aromatic nitrogens is 1. The molecular weight excluding hydrogens is 350 g/mol. The van der Waals surface area contributed by atoms with Gasteiger partial charge in [0.1, 0.15) is 12.4 Å². The number of aliphatic carboxylic acids is 1. The van der Waals surface area contributed by atoms with Crippen molar-refractivity contribution in [3.63, 3.8) is 0 Å². The molecule has 0 aliphatic heterocycles. The van der Waals surface area contributed by atoms with E-state index in [1.165, 1.54) is 0 Å². The molecule has 28 heavy (non-hydrogen) atoms. The highest BCUT2D eigenvalue weighted by atomic mass is 16.5. The smallest absolute Gasteiger partial charge is 0.303 e. The Morgan fingerprint density at radius 2 is 1.89 bits per heavy atom. The maximum Gasteiger partial charge on any atom is 0.303 e. The first-order valence-corrected chi connectivity index (χ1v) is 9.45. The van der Waals surface area contributed by atoms with Crippen molar-refractivity contribution in [1.82, 2.24) is 4.98 Å². The van der Waals surface area contributed by atoms with Gasteiger partial charge in [-0.3, -0.25) is 9.78 Å². The molecule has 0 aliphatic rings. The van der Waals surface area contributed by atoms with E-state index in [0.717, 1.165) is 45.5 Å². The number of nitrogens with zero attached hydrogens (tertiary/aromatic N) is 1. The SMILES string of the molecule is C/C(=C\Cc1cc2cc(OCc3ccccc3)ccc2nc1C)CCC(=O)O. The van der Waals surface area contributed by atoms with Crippen LogP contribution < -0.4 is 4.74 Å². The van der Waals surface area contributed by atoms with E-state index in [-0.39, 0.29) is 6.42 Å². The number of hydrogen-bond donors (Lipinski definition) is 1. The van der Waals surface area contributed by atoms with Crippen LogP contribution in [-0.2, 0) is 17.8 Å². The van der Waals surface area contributed by atoms with Crippen LogP contribution in [0.2, 0.25) is 0 Å². The quantitative estimate of drug-likeness (QED) is 0.530. The Kier molecular flexibility index (Phi) is 6.43. The standard InChI is InChI=1S/C24H25NO3/c1-17(9-13-24(26)27)8-10-20-14-21-15-22(11-12-23(21)25-18(20)2)28-16-19-6-4-3-5-7-19/h3-8,11-12,14-15H,9-10,13,16H2,1-2H3,(H,26,27)/b17-8+. The maximum absolute atomic E-state index is 10.7. The number of allylic oxidation sites excluding steroid dienone is 2. The summed E-state index contributed by atoms with van der Waals surface area (Å²) < 4.78 is 5.93. The zero-order valence-corrected chi connectivity index (χ0v) is 16.3. The van der Waals surface area contributed by atoms with Crippen molar-refractivity contribution in [2.75, 3.05) is 0 Å². The molecule has 0 saturated heterocycles. The fourth-order valence-corrected chi connectivity index (χ4v) is 3.02. The van der Waals surface area contributed by atoms with Crippen LogP contribution in [0.3, 0.4) is 0 Å². The van der Waals surface area contributed by atoms with Crippen molar-refractivity contribution < 1.29 is 14.6 Å². The molecule has 1 aromatic heterocycles. The number of pyridine rings is 1. The first-order valence-electron chi connectivity index (χ1n) is 9.45. The summed E-state index contributed by atoms with van der Waals surface area (Å²) in [6.07, 6.45) is 3.58. The fraction of sp³-hybridized carbons (Fsp3) is 0.250. The number of aryl methyl sites for hydroxylation is 1. The van der Waals surface area contributed by atoms with E-state index in [4.69, 9.17) is 14.8 Å². The lowest BCUT2D eigenvalue weighted by molar-refractivity contribution is -0.136. The van der Waals surface area contributed by atoms with E-state index in [9.17, 15) is 4.79 Å². The van der Waals surface area contributed by atoms with Crippen LogP contribution >= 0.6 is 0 Å². The average molecular weight is 375 g/mol. The van der Waals surface area contributed by atoms with Gasteiger partial charge in [0.25, 0.3) is 0 Å². The Morgan fingerprint density at radius 1 is 1.11 bits per heavy atom. The topological polar surface area (TPSA) is 59.4 Å². The number of hydrogen-bond acceptors (Lipinski definition) is 3. The van der Waals surface area contributed by atoms with Crippen molar-refractivity contribution in [3.8, 4) is 5.75 Å². The van der Waals surface area contributed by atoms with Crippen molar-refractivity contribution >= 4 is 16.9 Å². The molecule has 3 rings (SSSR count). The third kappa shape index (κ3) is 5.43. The third-order valence-corrected chi connectivity index (χ3v) is 4.73. The molecule has 0 radical (unpaired) electrons. The van der Waals surface area contributed by atoms with Crippen LogP contribution in [0.1, 0.15) is 36.6 Å². The van der Waals surface area contributed by atoms with Crippen LogP contribution in [0.15, 0.2) is 66.2 Å². The second-order valence-electron chi connectivity index (χ2n) is 7.01. The molecule has 0 unspecified atom stereocenters. The zero-order valence-electron chi connectivity index (χ0n) is 16.3. The lowest BCUT2D eigenvalue weighted by Gasteiger charge is -2.10. The molecule has 2 aromatic carbocycles. The van der Waals surface area contributed by atoms with Gasteiger partial charge < -0.3 is 9.84 Å². The van der Waals surface area contributed by atoms with Crippen LogP contribution in [0.4, 0.5) is 0 Å². The number of carboxylic acids is 1. The van der Waals surface area contributed by atoms with E-state index in [0.29, 0.717) is 13.0 Å². The number of ether oxygens (including phenoxy) is 1. The molecule has 0 saturated carbocycles. The Morgan fingerprint density at radius 3 is 2.64 bits per heavy atom. The highest BCUT2D eigenvalue weighted by Crippen LogP contribution is 2.23. The lowest BCUT2D eigenvalue weighted by atomic mass is 10.0. The highest BCUT2D eigenvalue weighted by molar-refractivity contribution is 5.81. The Balaban J connectivity index is 1.74. The summed E-state index contributed by atoms with van der Waals surface area (Å²) in [5.74, 6) is 0.0560. The molecule has 1 heterocycles. The van der Waals surface area contributed by atoms with Crippen LogP contribution in [0, 0.1) is 6.92 Å². The van der Waals surface area contributed by atoms with Gasteiger partial charge in [-0.15, -0.1) is 0 Å². The summed E-state index contributed by atoms with van der Waals surface area (Å²) >= 11 is 0. The first-order chi connectivity index (χ1) is 13.5. The van der Waals surface area contributed by atoms with Gasteiger partial charge in [-0.05, 0) is 62.1 Å². The van der Waals surface area contributed by atoms with Crippen LogP contribution in [0.5, 0.6) is 5.75 Å². The van der Waals surface area contributed by atoms with Gasteiger partial charge in [-0.25, -0.2) is 0 Å². The molecule has 0 spiro atoms. The second kappa shape index (κ2) is 9.18. The minimum atomic E-state index is -0.765. The molecule has 4 nitrogen and oxygen atoms in total. The summed E-state index contributed by atoms with van der Waals surface area (Å²) in [6, 6.07) is 18.2. The van der Waals surface area contributed by atoms with E-state index in [2.05, 4.69) is 12.1 Å². The normalized spacial score (nSPS) is 11.6. The predicted molar refractivity (Wildman–Crippen MR) is 112 cm³/mol. The van der Waals surface area contributed by atoms with E-state index in [1.54, 1.807) is 0 Å². The zero-order chi connectivity index (χ0) is 19.9. The predicted octanol–water partition coefficient (Wildman–Crippen LogP) is 5.48. The van der Waals surface area contributed by atoms with E-state index >= 15 is 0 Å². The van der Waals surface area contributed by atoms with Gasteiger partial charge in [0.05, 0.1) is 5.52 Å². The maximum atomic E-state index is 10.7. The molecule has 3 aromatic rings. The van der Waals surface area contributed by atoms with Gasteiger partial charge in [0.15, 0.2) is 0 Å². The molecular formula is C24H25NO3. The average Bonchev–Trinajstić information content (AvgIpc) is 2.70. The van der Waals surface area contributed by atoms with Gasteiger partial charge in [-0.1, -0.05) is 42.0 Å². The van der Waals surface area contributed by atoms with E-state index < -0.39 is 5.97 Å². The second-order valence-corrected chi connectivity index (χ2v) is 7.01. The van der Waals surface area contributed by atoms with Crippen molar-refractivity contribution in [2.45, 2.75) is 39.7 Å². The Labute approximate surface area is 165 Å². The molecule has 0 fully saturated rings. The molecule has 0 aliphatic carbocycles. The molecule has 4 heteroatoms. The molecule has 0 atom stereocenters. The van der Waals surface area contributed by atoms with Gasteiger partial charge in [-0.2, -0.15) is 0 Å². The largest absolute Gasteiger partial charge is 0.489 e. The Hall–Kier alpha value is -3.14. The van der Waals surface area contributed by atoms with Gasteiger partial charge >= 0.3 is 5.97 Å². The highest BCUT2D eigenvalue weighted by Gasteiger charge is 2.05. The Bertz CT molecular complexity index is 993. The minimum absolute atomic E-state index is 0.166. The van der Waals surface area contributed by atoms with Gasteiger partial charge in [0, 0.05) is 17.5 Å². The summed E-state index contributed by atoms with van der Waals surface area (Å²) in [5.41, 5.74) is 5.30. The summed E-state index contributed by atoms with van der Waals surface area (Å²) in [4.78, 5) is 15.4. The molecule has 1 N–H and O–H groups in total. The lowest BCUT2D eigenvalue weighted by Crippen LogP contribution is -1.97. The third-order valence-electron chi connectivity index (χ3n) is 4.73. The van der Waals surface area contributed by atoms with Crippen molar-refractivity contribution in [3.05, 3.63) is 83.1 Å². The van der Waals surface area contributed by atoms with Crippen molar-refractivity contribution in [2.24, 2.45) is 0 Å². The van der Waals surface area contributed by atoms with E-state index in [1.807, 2.05) is 62.4 Å². The monoisotopic (exact) mass is 375 g/mol. The van der Waals surface area contributed by atoms with Crippen LogP contribution in [-0.4, -0.2) is 16.1 Å². The van der Waals surface area contributed by atoms with Crippen molar-refractivity contribution in [1.29, 1.82) is 0 Å². The molecule has 0 bridgehead atoms.